The molecule has 1 aromatic heterocycles. The van der Waals surface area contributed by atoms with Gasteiger partial charge in [0.1, 0.15) is 12.1 Å². The van der Waals surface area contributed by atoms with Crippen molar-refractivity contribution in [2.45, 2.75) is 26.1 Å². The molecule has 1 aromatic rings. The van der Waals surface area contributed by atoms with Crippen LogP contribution >= 0.6 is 0 Å². The topological polar surface area (TPSA) is 82.1 Å². The van der Waals surface area contributed by atoms with E-state index in [4.69, 9.17) is 11.0 Å². The third-order valence-electron chi connectivity index (χ3n) is 3.81. The van der Waals surface area contributed by atoms with Crippen LogP contribution in [0.4, 0.5) is 24.8 Å². The molecule has 22 heavy (non-hydrogen) atoms. The van der Waals surface area contributed by atoms with Gasteiger partial charge in [-0.05, 0) is 13.8 Å². The van der Waals surface area contributed by atoms with E-state index in [1.807, 2.05) is 11.0 Å². The highest BCUT2D eigenvalue weighted by Crippen LogP contribution is 2.26. The zero-order chi connectivity index (χ0) is 16.5. The summed E-state index contributed by atoms with van der Waals surface area (Å²) in [6.07, 6.45) is -4.23. The van der Waals surface area contributed by atoms with Crippen LogP contribution in [0.3, 0.4) is 0 Å². The third-order valence-corrected chi connectivity index (χ3v) is 3.81. The molecular formula is C13H17F3N6. The highest BCUT2D eigenvalue weighted by atomic mass is 19.4. The van der Waals surface area contributed by atoms with Crippen LogP contribution in [0.25, 0.3) is 0 Å². The molecule has 2 N–H and O–H groups in total. The van der Waals surface area contributed by atoms with E-state index in [1.54, 1.807) is 6.92 Å². The van der Waals surface area contributed by atoms with Gasteiger partial charge in [0.05, 0.1) is 5.69 Å². The Kier molecular flexibility index (Phi) is 4.42. The minimum atomic E-state index is -4.23. The molecule has 2 heterocycles. The fraction of sp³-hybridized carbons (Fsp3) is 0.615. The molecule has 1 aliphatic heterocycles. The normalized spacial score (nSPS) is 18.1. The lowest BCUT2D eigenvalue weighted by Crippen LogP contribution is -2.54. The van der Waals surface area contributed by atoms with E-state index in [9.17, 15) is 13.2 Å². The van der Waals surface area contributed by atoms with E-state index in [0.717, 1.165) is 0 Å². The van der Waals surface area contributed by atoms with E-state index < -0.39 is 12.2 Å². The highest BCUT2D eigenvalue weighted by Gasteiger charge is 2.41. The maximum absolute atomic E-state index is 12.7. The fourth-order valence-corrected chi connectivity index (χ4v) is 2.43. The number of piperazine rings is 1. The van der Waals surface area contributed by atoms with Gasteiger partial charge in [-0.25, -0.2) is 9.97 Å². The average molecular weight is 314 g/mol. The van der Waals surface area contributed by atoms with Gasteiger partial charge in [-0.15, -0.1) is 0 Å². The summed E-state index contributed by atoms with van der Waals surface area (Å²) in [7, 11) is 0. The molecule has 0 aromatic carbocycles. The minimum absolute atomic E-state index is 0.0363. The number of halogens is 3. The molecular weight excluding hydrogens is 297 g/mol. The SMILES string of the molecule is Cc1nc(C#N)c(N)nc1N1CCN(C(C)C(F)(F)F)CC1. The second kappa shape index (κ2) is 5.96. The fourth-order valence-electron chi connectivity index (χ4n) is 2.43. The van der Waals surface area contributed by atoms with Crippen molar-refractivity contribution in [2.24, 2.45) is 0 Å². The summed E-state index contributed by atoms with van der Waals surface area (Å²) in [5.74, 6) is 0.560. The number of nitrogens with two attached hydrogens (primary N) is 1. The van der Waals surface area contributed by atoms with E-state index in [0.29, 0.717) is 24.6 Å². The molecule has 2 rings (SSSR count). The number of nitriles is 1. The first-order valence-electron chi connectivity index (χ1n) is 6.84. The molecule has 0 spiro atoms. The summed E-state index contributed by atoms with van der Waals surface area (Å²) >= 11 is 0. The smallest absolute Gasteiger partial charge is 0.381 e. The van der Waals surface area contributed by atoms with Crippen LogP contribution in [0.15, 0.2) is 0 Å². The Balaban J connectivity index is 2.10. The Morgan fingerprint density at radius 3 is 2.32 bits per heavy atom. The number of nitrogen functional groups attached to an aromatic ring is 1. The van der Waals surface area contributed by atoms with E-state index >= 15 is 0 Å². The summed E-state index contributed by atoms with van der Waals surface area (Å²) < 4.78 is 38.2. The van der Waals surface area contributed by atoms with Gasteiger partial charge in [0.15, 0.2) is 17.3 Å². The Morgan fingerprint density at radius 1 is 1.23 bits per heavy atom. The van der Waals surface area contributed by atoms with Crippen molar-refractivity contribution in [3.05, 3.63) is 11.4 Å². The van der Waals surface area contributed by atoms with Crippen LogP contribution in [0.2, 0.25) is 0 Å². The quantitative estimate of drug-likeness (QED) is 0.886. The highest BCUT2D eigenvalue weighted by molar-refractivity contribution is 5.53. The number of hydrogen-bond acceptors (Lipinski definition) is 6. The molecule has 0 amide bonds. The van der Waals surface area contributed by atoms with Gasteiger partial charge < -0.3 is 10.6 Å². The number of aryl methyl sites for hydroxylation is 1. The predicted molar refractivity (Wildman–Crippen MR) is 75.2 cm³/mol. The zero-order valence-corrected chi connectivity index (χ0v) is 12.4. The molecule has 1 atom stereocenters. The molecule has 1 aliphatic rings. The first-order chi connectivity index (χ1) is 10.2. The molecule has 6 nitrogen and oxygen atoms in total. The predicted octanol–water partition coefficient (Wildman–Crippen LogP) is 1.31. The Hall–Kier alpha value is -2.08. The van der Waals surface area contributed by atoms with Crippen molar-refractivity contribution in [3.8, 4) is 6.07 Å². The van der Waals surface area contributed by atoms with Crippen LogP contribution in [-0.2, 0) is 0 Å². The van der Waals surface area contributed by atoms with Gasteiger partial charge in [0.2, 0.25) is 0 Å². The zero-order valence-electron chi connectivity index (χ0n) is 12.4. The van der Waals surface area contributed by atoms with Gasteiger partial charge in [0, 0.05) is 26.2 Å². The summed E-state index contributed by atoms with van der Waals surface area (Å²) in [6.45, 7) is 4.24. The molecule has 0 saturated carbocycles. The van der Waals surface area contributed by atoms with Crippen molar-refractivity contribution in [3.63, 3.8) is 0 Å². The van der Waals surface area contributed by atoms with Crippen LogP contribution in [0.5, 0.6) is 0 Å². The van der Waals surface area contributed by atoms with Crippen LogP contribution in [0, 0.1) is 18.3 Å². The Morgan fingerprint density at radius 2 is 1.82 bits per heavy atom. The standard InChI is InChI=1S/C13H17F3N6/c1-8-12(20-11(18)10(7-17)19-8)22-5-3-21(4-6-22)9(2)13(14,15)16/h9H,3-6H2,1-2H3,(H2,18,20). The van der Waals surface area contributed by atoms with Gasteiger partial charge in [-0.3, -0.25) is 4.90 Å². The molecule has 1 fully saturated rings. The molecule has 0 bridgehead atoms. The van der Waals surface area contributed by atoms with Gasteiger partial charge in [0.25, 0.3) is 0 Å². The number of alkyl halides is 3. The number of nitrogens with zero attached hydrogens (tertiary/aromatic N) is 5. The van der Waals surface area contributed by atoms with Crippen molar-refractivity contribution in [1.29, 1.82) is 5.26 Å². The number of hydrogen-bond donors (Lipinski definition) is 1. The van der Waals surface area contributed by atoms with Crippen LogP contribution in [0.1, 0.15) is 18.3 Å². The van der Waals surface area contributed by atoms with E-state index in [-0.39, 0.29) is 24.6 Å². The summed E-state index contributed by atoms with van der Waals surface area (Å²) in [6, 6.07) is 0.390. The lowest BCUT2D eigenvalue weighted by Gasteiger charge is -2.39. The van der Waals surface area contributed by atoms with Crippen molar-refractivity contribution in [2.75, 3.05) is 36.8 Å². The number of aromatic nitrogens is 2. The number of anilines is 2. The van der Waals surface area contributed by atoms with Gasteiger partial charge in [-0.1, -0.05) is 0 Å². The van der Waals surface area contributed by atoms with Gasteiger partial charge in [-0.2, -0.15) is 18.4 Å². The first kappa shape index (κ1) is 16.3. The van der Waals surface area contributed by atoms with E-state index in [2.05, 4.69) is 9.97 Å². The molecule has 1 unspecified atom stereocenters. The van der Waals surface area contributed by atoms with Crippen molar-refractivity contribution in [1.82, 2.24) is 14.9 Å². The average Bonchev–Trinajstić information content (AvgIpc) is 2.47. The first-order valence-corrected chi connectivity index (χ1v) is 6.84. The van der Waals surface area contributed by atoms with Crippen LogP contribution in [-0.4, -0.2) is 53.3 Å². The molecule has 9 heteroatoms. The maximum atomic E-state index is 12.7. The van der Waals surface area contributed by atoms with Crippen molar-refractivity contribution >= 4 is 11.6 Å². The third kappa shape index (κ3) is 3.22. The van der Waals surface area contributed by atoms with Crippen LogP contribution < -0.4 is 10.6 Å². The lowest BCUT2D eigenvalue weighted by molar-refractivity contribution is -0.179. The summed E-state index contributed by atoms with van der Waals surface area (Å²) in [4.78, 5) is 11.5. The summed E-state index contributed by atoms with van der Waals surface area (Å²) in [5.41, 5.74) is 6.26. The molecule has 0 radical (unpaired) electrons. The maximum Gasteiger partial charge on any atom is 0.403 e. The lowest BCUT2D eigenvalue weighted by atomic mass is 10.2. The van der Waals surface area contributed by atoms with Gasteiger partial charge >= 0.3 is 6.18 Å². The summed E-state index contributed by atoms with van der Waals surface area (Å²) in [5, 5.41) is 8.86. The van der Waals surface area contributed by atoms with Crippen molar-refractivity contribution < 1.29 is 13.2 Å². The molecule has 1 saturated heterocycles. The second-order valence-electron chi connectivity index (χ2n) is 5.22. The molecule has 0 aliphatic carbocycles. The number of rotatable bonds is 2. The Bertz CT molecular complexity index is 587. The second-order valence-corrected chi connectivity index (χ2v) is 5.22. The van der Waals surface area contributed by atoms with E-state index in [1.165, 1.54) is 11.8 Å². The minimum Gasteiger partial charge on any atom is -0.381 e. The largest absolute Gasteiger partial charge is 0.403 e. The Labute approximate surface area is 126 Å². The molecule has 120 valence electrons. The monoisotopic (exact) mass is 314 g/mol.